The quantitative estimate of drug-likeness (QED) is 0.891. The van der Waals surface area contributed by atoms with Gasteiger partial charge in [-0.15, -0.1) is 0 Å². The number of rotatable bonds is 5. The molecule has 0 aliphatic carbocycles. The number of nitrogens with one attached hydrogen (secondary N) is 1. The number of hydrogen-bond acceptors (Lipinski definition) is 2. The Morgan fingerprint density at radius 3 is 2.53 bits per heavy atom. The maximum absolute atomic E-state index is 12.2. The van der Waals surface area contributed by atoms with E-state index in [2.05, 4.69) is 10.3 Å². The molecule has 1 amide bonds. The third-order valence-corrected chi connectivity index (χ3v) is 3.10. The van der Waals surface area contributed by atoms with Gasteiger partial charge in [0.2, 0.25) is 5.91 Å². The fourth-order valence-electron chi connectivity index (χ4n) is 2.06. The third kappa shape index (κ3) is 3.65. The number of carbonyl (C=O) groups excluding carboxylic acids is 1. The van der Waals surface area contributed by atoms with Crippen LogP contribution in [0.3, 0.4) is 0 Å². The lowest BCUT2D eigenvalue weighted by atomic mass is 9.96. The van der Waals surface area contributed by atoms with Crippen LogP contribution in [0.4, 0.5) is 0 Å². The Kier molecular flexibility index (Phi) is 4.67. The molecule has 1 atom stereocenters. The molecule has 3 nitrogen and oxygen atoms in total. The van der Waals surface area contributed by atoms with Gasteiger partial charge in [0.15, 0.2) is 0 Å². The zero-order chi connectivity index (χ0) is 13.5. The van der Waals surface area contributed by atoms with Crippen LogP contribution in [-0.4, -0.2) is 10.9 Å². The zero-order valence-electron chi connectivity index (χ0n) is 11.0. The smallest absolute Gasteiger partial charge is 0.227 e. The lowest BCUT2D eigenvalue weighted by Crippen LogP contribution is -2.29. The van der Waals surface area contributed by atoms with Crippen LogP contribution in [-0.2, 0) is 11.3 Å². The Morgan fingerprint density at radius 1 is 1.16 bits per heavy atom. The second-order valence-electron chi connectivity index (χ2n) is 4.41. The van der Waals surface area contributed by atoms with Gasteiger partial charge < -0.3 is 5.32 Å². The first kappa shape index (κ1) is 13.3. The normalized spacial score (nSPS) is 11.8. The van der Waals surface area contributed by atoms with Gasteiger partial charge in [0, 0.05) is 6.20 Å². The van der Waals surface area contributed by atoms with E-state index in [4.69, 9.17) is 0 Å². The molecule has 3 heteroatoms. The van der Waals surface area contributed by atoms with Crippen molar-refractivity contribution in [1.82, 2.24) is 10.3 Å². The number of aromatic nitrogens is 1. The van der Waals surface area contributed by atoms with Gasteiger partial charge in [0.05, 0.1) is 18.2 Å². The van der Waals surface area contributed by atoms with E-state index in [9.17, 15) is 4.79 Å². The van der Waals surface area contributed by atoms with Crippen LogP contribution in [0.15, 0.2) is 54.7 Å². The second-order valence-corrected chi connectivity index (χ2v) is 4.41. The minimum atomic E-state index is -0.0927. The van der Waals surface area contributed by atoms with E-state index >= 15 is 0 Å². The Labute approximate surface area is 113 Å². The highest BCUT2D eigenvalue weighted by molar-refractivity contribution is 5.83. The maximum Gasteiger partial charge on any atom is 0.227 e. The highest BCUT2D eigenvalue weighted by atomic mass is 16.1. The molecular weight excluding hydrogens is 236 g/mol. The lowest BCUT2D eigenvalue weighted by molar-refractivity contribution is -0.122. The van der Waals surface area contributed by atoms with E-state index < -0.39 is 0 Å². The van der Waals surface area contributed by atoms with Crippen molar-refractivity contribution in [2.75, 3.05) is 0 Å². The molecule has 1 aromatic heterocycles. The van der Waals surface area contributed by atoms with Crippen LogP contribution in [0, 0.1) is 0 Å². The molecule has 1 aromatic carbocycles. The van der Waals surface area contributed by atoms with Crippen molar-refractivity contribution < 1.29 is 4.79 Å². The molecule has 2 rings (SSSR count). The average molecular weight is 254 g/mol. The molecule has 0 saturated carbocycles. The number of nitrogens with zero attached hydrogens (tertiary/aromatic N) is 1. The van der Waals surface area contributed by atoms with E-state index in [0.29, 0.717) is 6.54 Å². The van der Waals surface area contributed by atoms with E-state index in [1.54, 1.807) is 6.20 Å². The van der Waals surface area contributed by atoms with Gasteiger partial charge >= 0.3 is 0 Å². The summed E-state index contributed by atoms with van der Waals surface area (Å²) < 4.78 is 0. The maximum atomic E-state index is 12.2. The molecule has 98 valence electrons. The Bertz CT molecular complexity index is 511. The van der Waals surface area contributed by atoms with E-state index in [1.807, 2.05) is 55.5 Å². The molecule has 0 aliphatic heterocycles. The van der Waals surface area contributed by atoms with E-state index in [0.717, 1.165) is 17.7 Å². The van der Waals surface area contributed by atoms with Gasteiger partial charge in [-0.3, -0.25) is 9.78 Å². The van der Waals surface area contributed by atoms with E-state index in [-0.39, 0.29) is 11.8 Å². The van der Waals surface area contributed by atoms with Gasteiger partial charge in [-0.1, -0.05) is 43.3 Å². The molecule has 0 bridgehead atoms. The minimum absolute atomic E-state index is 0.0550. The van der Waals surface area contributed by atoms with Crippen molar-refractivity contribution in [2.45, 2.75) is 25.8 Å². The van der Waals surface area contributed by atoms with E-state index in [1.165, 1.54) is 0 Å². The van der Waals surface area contributed by atoms with Crippen LogP contribution in [0.5, 0.6) is 0 Å². The molecule has 0 unspecified atom stereocenters. The number of pyridine rings is 1. The molecule has 1 N–H and O–H groups in total. The van der Waals surface area contributed by atoms with Crippen molar-refractivity contribution >= 4 is 5.91 Å². The van der Waals surface area contributed by atoms with Gasteiger partial charge in [-0.25, -0.2) is 0 Å². The average Bonchev–Trinajstić information content (AvgIpc) is 2.48. The molecule has 0 fully saturated rings. The Hall–Kier alpha value is -2.16. The van der Waals surface area contributed by atoms with Gasteiger partial charge in [0.1, 0.15) is 0 Å². The van der Waals surface area contributed by atoms with Crippen LogP contribution >= 0.6 is 0 Å². The summed E-state index contributed by atoms with van der Waals surface area (Å²) in [5, 5.41) is 2.95. The molecule has 1 heterocycles. The number of amides is 1. The molecule has 2 aromatic rings. The van der Waals surface area contributed by atoms with Gasteiger partial charge in [-0.2, -0.15) is 0 Å². The molecule has 0 saturated heterocycles. The molecule has 0 radical (unpaired) electrons. The summed E-state index contributed by atoms with van der Waals surface area (Å²) >= 11 is 0. The summed E-state index contributed by atoms with van der Waals surface area (Å²) in [6.07, 6.45) is 2.52. The standard InChI is InChI=1S/C16H18N2O/c1-2-15(13-8-4-3-5-9-13)16(19)18-12-14-10-6-7-11-17-14/h3-11,15H,2,12H2,1H3,(H,18,19)/t15-/m0/s1. The summed E-state index contributed by atoms with van der Waals surface area (Å²) in [5.74, 6) is -0.0377. The molecule has 0 spiro atoms. The monoisotopic (exact) mass is 254 g/mol. The Balaban J connectivity index is 1.98. The highest BCUT2D eigenvalue weighted by Gasteiger charge is 2.17. The van der Waals surface area contributed by atoms with Crippen LogP contribution < -0.4 is 5.32 Å². The van der Waals surface area contributed by atoms with Crippen molar-refractivity contribution in [3.63, 3.8) is 0 Å². The van der Waals surface area contributed by atoms with Crippen molar-refractivity contribution in [3.8, 4) is 0 Å². The third-order valence-electron chi connectivity index (χ3n) is 3.10. The van der Waals surface area contributed by atoms with Crippen LogP contribution in [0.1, 0.15) is 30.5 Å². The summed E-state index contributed by atoms with van der Waals surface area (Å²) in [4.78, 5) is 16.4. The van der Waals surface area contributed by atoms with Crippen LogP contribution in [0.25, 0.3) is 0 Å². The Morgan fingerprint density at radius 2 is 1.89 bits per heavy atom. The van der Waals surface area contributed by atoms with Crippen LogP contribution in [0.2, 0.25) is 0 Å². The zero-order valence-corrected chi connectivity index (χ0v) is 11.0. The first-order valence-electron chi connectivity index (χ1n) is 6.54. The number of carbonyl (C=O) groups is 1. The fraction of sp³-hybridized carbons (Fsp3) is 0.250. The predicted molar refractivity (Wildman–Crippen MR) is 75.6 cm³/mol. The summed E-state index contributed by atoms with van der Waals surface area (Å²) in [6, 6.07) is 15.6. The lowest BCUT2D eigenvalue weighted by Gasteiger charge is -2.15. The van der Waals surface area contributed by atoms with Gasteiger partial charge in [-0.05, 0) is 24.1 Å². The fourth-order valence-corrected chi connectivity index (χ4v) is 2.06. The predicted octanol–water partition coefficient (Wildman–Crippen LogP) is 2.89. The molecule has 0 aliphatic rings. The first-order chi connectivity index (χ1) is 9.31. The first-order valence-corrected chi connectivity index (χ1v) is 6.54. The molecular formula is C16H18N2O. The van der Waals surface area contributed by atoms with Crippen molar-refractivity contribution in [3.05, 3.63) is 66.0 Å². The molecule has 19 heavy (non-hydrogen) atoms. The van der Waals surface area contributed by atoms with Gasteiger partial charge in [0.25, 0.3) is 0 Å². The summed E-state index contributed by atoms with van der Waals surface area (Å²) in [6.45, 7) is 2.50. The topological polar surface area (TPSA) is 42.0 Å². The summed E-state index contributed by atoms with van der Waals surface area (Å²) in [5.41, 5.74) is 1.93. The largest absolute Gasteiger partial charge is 0.350 e. The van der Waals surface area contributed by atoms with Crippen molar-refractivity contribution in [1.29, 1.82) is 0 Å². The second kappa shape index (κ2) is 6.69. The number of hydrogen-bond donors (Lipinski definition) is 1. The SMILES string of the molecule is CC[C@H](C(=O)NCc1ccccn1)c1ccccc1. The highest BCUT2D eigenvalue weighted by Crippen LogP contribution is 2.19. The summed E-state index contributed by atoms with van der Waals surface area (Å²) in [7, 11) is 0. The van der Waals surface area contributed by atoms with Crippen molar-refractivity contribution in [2.24, 2.45) is 0 Å². The minimum Gasteiger partial charge on any atom is -0.350 e. The number of benzene rings is 1.